The first-order valence-electron chi connectivity index (χ1n) is 10.5. The topological polar surface area (TPSA) is 85.4 Å². The van der Waals surface area contributed by atoms with E-state index < -0.39 is 11.5 Å². The Kier molecular flexibility index (Phi) is 9.45. The monoisotopic (exact) mass is 462 g/mol. The molecule has 1 saturated heterocycles. The average Bonchev–Trinajstić information content (AvgIpc) is 2.83. The number of aliphatic hydroxyl groups is 1. The van der Waals surface area contributed by atoms with E-state index in [0.717, 1.165) is 31.5 Å². The van der Waals surface area contributed by atoms with E-state index in [1.54, 1.807) is 33.5 Å². The van der Waals surface area contributed by atoms with E-state index in [2.05, 4.69) is 6.07 Å². The first kappa shape index (κ1) is 25.6. The Bertz CT molecular complexity index is 870. The highest BCUT2D eigenvalue weighted by Crippen LogP contribution is 2.40. The smallest absolute Gasteiger partial charge is 0.203 e. The number of hydrogen-bond acceptors (Lipinski definition) is 6. The number of quaternary nitrogens is 1. The minimum atomic E-state index is -0.625. The molecule has 1 heterocycles. The summed E-state index contributed by atoms with van der Waals surface area (Å²) < 4.78 is 21.8. The zero-order valence-electron chi connectivity index (χ0n) is 18.8. The second-order valence-electron chi connectivity index (χ2n) is 7.84. The Morgan fingerprint density at radius 3 is 2.12 bits per heavy atom. The fraction of sp³-hybridized carbons (Fsp3) is 0.458. The predicted octanol–water partition coefficient (Wildman–Crippen LogP) is -1.40. The Hall–Kier alpha value is -2.66. The molecule has 32 heavy (non-hydrogen) atoms. The number of benzene rings is 2. The molecule has 0 radical (unpaired) electrons. The Labute approximate surface area is 195 Å². The standard InChI is InChI=1S/C24H30N2O5.ClH/c1-28-21-13-20(14-22(29-2)23(21)30-3)31-16-19(27)15-26-11-9-24(17-25,10-12-26)18-7-5-4-6-8-18;/h4-8,13-14,19,27H,9-12,15-16H2,1-3H3;1H. The van der Waals surface area contributed by atoms with Gasteiger partial charge in [-0.2, -0.15) is 5.26 Å². The van der Waals surface area contributed by atoms with E-state index in [4.69, 9.17) is 18.9 Å². The summed E-state index contributed by atoms with van der Waals surface area (Å²) in [6.07, 6.45) is 0.937. The van der Waals surface area contributed by atoms with Crippen molar-refractivity contribution < 1.29 is 41.4 Å². The van der Waals surface area contributed by atoms with Gasteiger partial charge in [-0.3, -0.25) is 0 Å². The zero-order valence-corrected chi connectivity index (χ0v) is 19.5. The van der Waals surface area contributed by atoms with Crippen LogP contribution in [0.1, 0.15) is 18.4 Å². The quantitative estimate of drug-likeness (QED) is 0.476. The number of piperidine rings is 1. The number of hydrogen-bond donors (Lipinski definition) is 2. The van der Waals surface area contributed by atoms with Crippen molar-refractivity contribution in [3.63, 3.8) is 0 Å². The summed E-state index contributed by atoms with van der Waals surface area (Å²) in [5.41, 5.74) is 0.658. The molecule has 0 spiro atoms. The number of ether oxygens (including phenoxy) is 4. The number of likely N-dealkylation sites (tertiary alicyclic amines) is 1. The predicted molar refractivity (Wildman–Crippen MR) is 116 cm³/mol. The molecule has 0 aliphatic carbocycles. The van der Waals surface area contributed by atoms with Gasteiger partial charge in [0.25, 0.3) is 0 Å². The van der Waals surface area contributed by atoms with Crippen molar-refractivity contribution in [1.29, 1.82) is 5.26 Å². The van der Waals surface area contributed by atoms with Crippen molar-refractivity contribution in [2.45, 2.75) is 24.4 Å². The number of nitrogens with one attached hydrogen (secondary N) is 1. The van der Waals surface area contributed by atoms with Crippen LogP contribution in [0.15, 0.2) is 42.5 Å². The third-order valence-corrected chi connectivity index (χ3v) is 5.96. The second-order valence-corrected chi connectivity index (χ2v) is 7.84. The normalized spacial score (nSPS) is 20.9. The molecule has 0 bridgehead atoms. The summed E-state index contributed by atoms with van der Waals surface area (Å²) in [5, 5.41) is 20.4. The highest BCUT2D eigenvalue weighted by Gasteiger charge is 2.38. The minimum absolute atomic E-state index is 0. The van der Waals surface area contributed by atoms with Gasteiger partial charge in [-0.25, -0.2) is 0 Å². The Morgan fingerprint density at radius 1 is 1.03 bits per heavy atom. The molecule has 1 aliphatic heterocycles. The lowest BCUT2D eigenvalue weighted by molar-refractivity contribution is -0.909. The van der Waals surface area contributed by atoms with Gasteiger partial charge in [-0.15, -0.1) is 0 Å². The van der Waals surface area contributed by atoms with Gasteiger partial charge >= 0.3 is 0 Å². The van der Waals surface area contributed by atoms with Crippen molar-refractivity contribution >= 4 is 0 Å². The molecule has 0 amide bonds. The second kappa shape index (κ2) is 11.8. The molecule has 0 aromatic heterocycles. The van der Waals surface area contributed by atoms with Crippen LogP contribution in [0.25, 0.3) is 0 Å². The van der Waals surface area contributed by atoms with Crippen molar-refractivity contribution in [2.24, 2.45) is 0 Å². The molecule has 1 aliphatic rings. The van der Waals surface area contributed by atoms with Crippen LogP contribution in [0.3, 0.4) is 0 Å². The molecular weight excluding hydrogens is 432 g/mol. The van der Waals surface area contributed by atoms with Crippen LogP contribution < -0.4 is 36.3 Å². The van der Waals surface area contributed by atoms with Gasteiger partial charge in [0.15, 0.2) is 11.5 Å². The molecule has 2 N–H and O–H groups in total. The summed E-state index contributed by atoms with van der Waals surface area (Å²) >= 11 is 0. The zero-order chi connectivity index (χ0) is 22.3. The molecular formula is C24H31ClN2O5. The first-order chi connectivity index (χ1) is 15.0. The van der Waals surface area contributed by atoms with Crippen LogP contribution in [0.5, 0.6) is 23.0 Å². The van der Waals surface area contributed by atoms with Crippen LogP contribution in [0.2, 0.25) is 0 Å². The summed E-state index contributed by atoms with van der Waals surface area (Å²) in [4.78, 5) is 1.28. The van der Waals surface area contributed by atoms with Crippen molar-refractivity contribution in [3.05, 3.63) is 48.0 Å². The van der Waals surface area contributed by atoms with E-state index in [-0.39, 0.29) is 19.0 Å². The van der Waals surface area contributed by atoms with Crippen molar-refractivity contribution in [3.8, 4) is 29.1 Å². The number of methoxy groups -OCH3 is 3. The van der Waals surface area contributed by atoms with Gasteiger partial charge in [-0.05, 0) is 5.56 Å². The lowest BCUT2D eigenvalue weighted by Gasteiger charge is -2.36. The maximum absolute atomic E-state index is 10.5. The molecule has 1 fully saturated rings. The summed E-state index contributed by atoms with van der Waals surface area (Å²) in [5.74, 6) is 2.04. The average molecular weight is 463 g/mol. The largest absolute Gasteiger partial charge is 1.00 e. The molecule has 1 atom stereocenters. The van der Waals surface area contributed by atoms with E-state index in [1.165, 1.54) is 4.90 Å². The van der Waals surface area contributed by atoms with Gasteiger partial charge in [-0.1, -0.05) is 30.3 Å². The fourth-order valence-corrected chi connectivity index (χ4v) is 4.18. The maximum Gasteiger partial charge on any atom is 0.203 e. The third-order valence-electron chi connectivity index (χ3n) is 5.96. The van der Waals surface area contributed by atoms with Gasteiger partial charge < -0.3 is 41.4 Å². The number of rotatable bonds is 9. The van der Waals surface area contributed by atoms with Crippen LogP contribution in [0, 0.1) is 11.3 Å². The first-order valence-corrected chi connectivity index (χ1v) is 10.5. The van der Waals surface area contributed by atoms with Crippen LogP contribution >= 0.6 is 0 Å². The number of nitrogens with zero attached hydrogens (tertiary/aromatic N) is 1. The van der Waals surface area contributed by atoms with Gasteiger partial charge in [0.05, 0.1) is 45.9 Å². The van der Waals surface area contributed by atoms with E-state index in [9.17, 15) is 10.4 Å². The fourth-order valence-electron chi connectivity index (χ4n) is 4.18. The Balaban J connectivity index is 0.00000363. The molecule has 8 heteroatoms. The van der Waals surface area contributed by atoms with Crippen LogP contribution in [-0.4, -0.2) is 58.8 Å². The van der Waals surface area contributed by atoms with Gasteiger partial charge in [0.2, 0.25) is 5.75 Å². The highest BCUT2D eigenvalue weighted by atomic mass is 35.5. The third kappa shape index (κ3) is 5.77. The molecule has 2 aromatic carbocycles. The maximum atomic E-state index is 10.5. The summed E-state index contributed by atoms with van der Waals surface area (Å²) in [6.45, 7) is 2.40. The van der Waals surface area contributed by atoms with Gasteiger partial charge in [0.1, 0.15) is 25.0 Å². The lowest BCUT2D eigenvalue weighted by atomic mass is 9.74. The van der Waals surface area contributed by atoms with Crippen LogP contribution in [-0.2, 0) is 5.41 Å². The van der Waals surface area contributed by atoms with Gasteiger partial charge in [0, 0.05) is 25.0 Å². The van der Waals surface area contributed by atoms with Crippen molar-refractivity contribution in [2.75, 3.05) is 47.6 Å². The van der Waals surface area contributed by atoms with E-state index in [0.29, 0.717) is 29.5 Å². The number of aliphatic hydroxyl groups excluding tert-OH is 1. The highest BCUT2D eigenvalue weighted by molar-refractivity contribution is 5.55. The van der Waals surface area contributed by atoms with E-state index in [1.807, 2.05) is 30.3 Å². The lowest BCUT2D eigenvalue weighted by Crippen LogP contribution is -3.14. The minimum Gasteiger partial charge on any atom is -1.00 e. The van der Waals surface area contributed by atoms with Crippen molar-refractivity contribution in [1.82, 2.24) is 0 Å². The number of nitriles is 1. The molecule has 7 nitrogen and oxygen atoms in total. The van der Waals surface area contributed by atoms with Crippen LogP contribution in [0.4, 0.5) is 0 Å². The van der Waals surface area contributed by atoms with E-state index >= 15 is 0 Å². The summed E-state index contributed by atoms with van der Waals surface area (Å²) in [6, 6.07) is 16.0. The molecule has 174 valence electrons. The summed E-state index contributed by atoms with van der Waals surface area (Å²) in [7, 11) is 4.64. The molecule has 3 rings (SSSR count). The molecule has 1 unspecified atom stereocenters. The number of halogens is 1. The molecule has 2 aromatic rings. The SMILES string of the molecule is COc1cc(OCC(O)C[NH+]2CCC(C#N)(c3ccccc3)CC2)cc(OC)c1OC.[Cl-]. The Morgan fingerprint density at radius 2 is 1.62 bits per heavy atom. The molecule has 0 saturated carbocycles.